The average molecular weight is 272 g/mol. The van der Waals surface area contributed by atoms with Gasteiger partial charge in [-0.05, 0) is 38.9 Å². The lowest BCUT2D eigenvalue weighted by atomic mass is 10.1. The highest BCUT2D eigenvalue weighted by molar-refractivity contribution is 5.82. The van der Waals surface area contributed by atoms with E-state index in [1.807, 2.05) is 42.1 Å². The van der Waals surface area contributed by atoms with Crippen molar-refractivity contribution in [2.75, 3.05) is 20.6 Å². The van der Waals surface area contributed by atoms with Gasteiger partial charge in [0, 0.05) is 13.1 Å². The first-order valence-electron chi connectivity index (χ1n) is 7.32. The average Bonchev–Trinajstić information content (AvgIpc) is 2.52. The largest absolute Gasteiger partial charge is 0.337 e. The maximum Gasteiger partial charge on any atom is 0.240 e. The summed E-state index contributed by atoms with van der Waals surface area (Å²) in [5, 5.41) is 0. The number of likely N-dealkylation sites (N-methyl/N-ethyl adjacent to an activating group) is 1. The normalized spacial score (nSPS) is 22.2. The molecule has 1 atom stereocenters. The van der Waals surface area contributed by atoms with Crippen LogP contribution in [0.25, 0.3) is 0 Å². The van der Waals surface area contributed by atoms with Gasteiger partial charge in [-0.3, -0.25) is 9.69 Å². The Morgan fingerprint density at radius 1 is 1.20 bits per heavy atom. The summed E-state index contributed by atoms with van der Waals surface area (Å²) in [5.41, 5.74) is 1.20. The van der Waals surface area contributed by atoms with Crippen molar-refractivity contribution in [3.8, 4) is 0 Å². The summed E-state index contributed by atoms with van der Waals surface area (Å²) in [6.07, 6.45) is 7.25. The molecule has 1 aliphatic heterocycles. The van der Waals surface area contributed by atoms with Crippen molar-refractivity contribution in [3.63, 3.8) is 0 Å². The summed E-state index contributed by atoms with van der Waals surface area (Å²) in [7, 11) is 3.96. The van der Waals surface area contributed by atoms with E-state index in [1.165, 1.54) is 5.56 Å². The van der Waals surface area contributed by atoms with Gasteiger partial charge in [0.25, 0.3) is 0 Å². The van der Waals surface area contributed by atoms with Crippen molar-refractivity contribution in [3.05, 3.63) is 48.0 Å². The number of allylic oxidation sites excluding steroid dienone is 1. The van der Waals surface area contributed by atoms with Crippen molar-refractivity contribution in [2.24, 2.45) is 0 Å². The maximum absolute atomic E-state index is 12.7. The molecule has 0 saturated carbocycles. The zero-order valence-corrected chi connectivity index (χ0v) is 12.5. The molecular formula is C17H24N2O. The summed E-state index contributed by atoms with van der Waals surface area (Å²) in [4.78, 5) is 16.8. The van der Waals surface area contributed by atoms with E-state index in [1.54, 1.807) is 0 Å². The number of carbonyl (C=O) groups is 1. The molecule has 2 rings (SSSR count). The fourth-order valence-electron chi connectivity index (χ4n) is 2.56. The van der Waals surface area contributed by atoms with Crippen LogP contribution in [0, 0.1) is 0 Å². The molecule has 0 radical (unpaired) electrons. The zero-order chi connectivity index (χ0) is 14.4. The Hall–Kier alpha value is -1.61. The minimum Gasteiger partial charge on any atom is -0.337 e. The van der Waals surface area contributed by atoms with Crippen LogP contribution < -0.4 is 0 Å². The van der Waals surface area contributed by atoms with E-state index in [0.717, 1.165) is 25.8 Å². The van der Waals surface area contributed by atoms with Gasteiger partial charge in [0.2, 0.25) is 5.91 Å². The van der Waals surface area contributed by atoms with Gasteiger partial charge in [-0.25, -0.2) is 0 Å². The molecule has 0 aromatic heterocycles. The third-order valence-corrected chi connectivity index (χ3v) is 3.76. The second-order valence-electron chi connectivity index (χ2n) is 5.57. The number of nitrogens with zero attached hydrogens (tertiary/aromatic N) is 2. The van der Waals surface area contributed by atoms with Gasteiger partial charge in [0.15, 0.2) is 0 Å². The fraction of sp³-hybridized carbons (Fsp3) is 0.471. The molecule has 1 aromatic rings. The summed E-state index contributed by atoms with van der Waals surface area (Å²) >= 11 is 0. The van der Waals surface area contributed by atoms with Gasteiger partial charge in [-0.15, -0.1) is 0 Å². The molecule has 1 unspecified atom stereocenters. The monoisotopic (exact) mass is 272 g/mol. The van der Waals surface area contributed by atoms with Crippen LogP contribution in [0.15, 0.2) is 42.5 Å². The van der Waals surface area contributed by atoms with E-state index < -0.39 is 0 Å². The molecular weight excluding hydrogens is 248 g/mol. The van der Waals surface area contributed by atoms with Crippen LogP contribution in [-0.4, -0.2) is 42.4 Å². The van der Waals surface area contributed by atoms with Crippen LogP contribution in [0.5, 0.6) is 0 Å². The maximum atomic E-state index is 12.7. The number of hydrogen-bond acceptors (Lipinski definition) is 2. The van der Waals surface area contributed by atoms with Gasteiger partial charge < -0.3 is 4.90 Å². The first kappa shape index (κ1) is 14.8. The predicted octanol–water partition coefficient (Wildman–Crippen LogP) is 2.69. The zero-order valence-electron chi connectivity index (χ0n) is 12.5. The molecule has 0 fully saturated rings. The Kier molecular flexibility index (Phi) is 5.36. The third-order valence-electron chi connectivity index (χ3n) is 3.76. The Balaban J connectivity index is 2.13. The molecule has 0 bridgehead atoms. The molecule has 3 heteroatoms. The summed E-state index contributed by atoms with van der Waals surface area (Å²) in [5.74, 6) is 0.241. The highest BCUT2D eigenvalue weighted by Gasteiger charge is 2.25. The topological polar surface area (TPSA) is 23.6 Å². The molecule has 1 heterocycles. The molecule has 20 heavy (non-hydrogen) atoms. The lowest BCUT2D eigenvalue weighted by Crippen LogP contribution is -2.45. The SMILES string of the molecule is CN(C)C1C/C=C/CCCN(Cc2ccccc2)C1=O. The van der Waals surface area contributed by atoms with E-state index in [4.69, 9.17) is 0 Å². The molecule has 0 saturated heterocycles. The first-order chi connectivity index (χ1) is 9.68. The summed E-state index contributed by atoms with van der Waals surface area (Å²) < 4.78 is 0. The smallest absolute Gasteiger partial charge is 0.240 e. The number of carbonyl (C=O) groups excluding carboxylic acids is 1. The van der Waals surface area contributed by atoms with Crippen LogP contribution >= 0.6 is 0 Å². The van der Waals surface area contributed by atoms with Crippen LogP contribution in [-0.2, 0) is 11.3 Å². The Bertz CT molecular complexity index is 453. The Labute approximate surface area is 121 Å². The molecule has 0 N–H and O–H groups in total. The number of benzene rings is 1. The number of rotatable bonds is 3. The van der Waals surface area contributed by atoms with Crippen molar-refractivity contribution >= 4 is 5.91 Å². The molecule has 108 valence electrons. The Morgan fingerprint density at radius 2 is 1.95 bits per heavy atom. The van der Waals surface area contributed by atoms with Crippen LogP contribution in [0.4, 0.5) is 0 Å². The number of amides is 1. The summed E-state index contributed by atoms with van der Waals surface area (Å²) in [6.45, 7) is 1.55. The molecule has 1 amide bonds. The minimum absolute atomic E-state index is 0.0481. The van der Waals surface area contributed by atoms with Crippen LogP contribution in [0.3, 0.4) is 0 Å². The molecule has 3 nitrogen and oxygen atoms in total. The molecule has 0 aliphatic carbocycles. The van der Waals surface area contributed by atoms with Gasteiger partial charge in [0.1, 0.15) is 0 Å². The molecule has 1 aliphatic rings. The van der Waals surface area contributed by atoms with E-state index in [9.17, 15) is 4.79 Å². The van der Waals surface area contributed by atoms with Crippen molar-refractivity contribution < 1.29 is 4.79 Å². The van der Waals surface area contributed by atoms with Gasteiger partial charge in [-0.1, -0.05) is 42.5 Å². The highest BCUT2D eigenvalue weighted by Crippen LogP contribution is 2.14. The lowest BCUT2D eigenvalue weighted by molar-refractivity contribution is -0.136. The Morgan fingerprint density at radius 3 is 2.65 bits per heavy atom. The van der Waals surface area contributed by atoms with Crippen molar-refractivity contribution in [1.29, 1.82) is 0 Å². The second-order valence-corrected chi connectivity index (χ2v) is 5.57. The quantitative estimate of drug-likeness (QED) is 0.790. The van der Waals surface area contributed by atoms with E-state index in [2.05, 4.69) is 24.3 Å². The summed E-state index contributed by atoms with van der Waals surface area (Å²) in [6, 6.07) is 10.2. The van der Waals surface area contributed by atoms with Crippen LogP contribution in [0.2, 0.25) is 0 Å². The van der Waals surface area contributed by atoms with Gasteiger partial charge in [-0.2, -0.15) is 0 Å². The molecule has 0 spiro atoms. The number of hydrogen-bond donors (Lipinski definition) is 0. The van der Waals surface area contributed by atoms with E-state index in [0.29, 0.717) is 6.54 Å². The van der Waals surface area contributed by atoms with E-state index >= 15 is 0 Å². The third kappa shape index (κ3) is 3.94. The minimum atomic E-state index is -0.0481. The standard InChI is InChI=1S/C17H24N2O/c1-18(2)16-12-8-3-4-9-13-19(17(16)20)14-15-10-6-5-7-11-15/h3,5-8,10-11,16H,4,9,12-14H2,1-2H3/b8-3+. The molecule has 1 aromatic carbocycles. The highest BCUT2D eigenvalue weighted by atomic mass is 16.2. The van der Waals surface area contributed by atoms with Crippen molar-refractivity contribution in [1.82, 2.24) is 9.80 Å². The first-order valence-corrected chi connectivity index (χ1v) is 7.32. The fourth-order valence-corrected chi connectivity index (χ4v) is 2.56. The van der Waals surface area contributed by atoms with Gasteiger partial charge in [0.05, 0.1) is 6.04 Å². The van der Waals surface area contributed by atoms with E-state index in [-0.39, 0.29) is 11.9 Å². The predicted molar refractivity (Wildman–Crippen MR) is 82.3 cm³/mol. The van der Waals surface area contributed by atoms with Crippen molar-refractivity contribution in [2.45, 2.75) is 31.8 Å². The second kappa shape index (κ2) is 7.25. The lowest BCUT2D eigenvalue weighted by Gasteiger charge is -2.30. The van der Waals surface area contributed by atoms with Gasteiger partial charge >= 0.3 is 0 Å². The van der Waals surface area contributed by atoms with Crippen LogP contribution in [0.1, 0.15) is 24.8 Å².